The summed E-state index contributed by atoms with van der Waals surface area (Å²) in [6.07, 6.45) is 1.45. The molecule has 1 fully saturated rings. The first-order valence-electron chi connectivity index (χ1n) is 9.39. The second-order valence-corrected chi connectivity index (χ2v) is 8.05. The van der Waals surface area contributed by atoms with Crippen molar-refractivity contribution in [2.45, 2.75) is 20.4 Å². The average molecular weight is 414 g/mol. The third kappa shape index (κ3) is 4.25. The molecule has 9 heteroatoms. The number of anilines is 1. The van der Waals surface area contributed by atoms with Crippen LogP contribution in [-0.2, 0) is 6.54 Å². The molecule has 1 N–H and O–H groups in total. The van der Waals surface area contributed by atoms with Gasteiger partial charge in [-0.3, -0.25) is 14.5 Å². The molecule has 0 aliphatic carbocycles. The topological polar surface area (TPSA) is 91.8 Å². The van der Waals surface area contributed by atoms with Gasteiger partial charge < -0.3 is 19.2 Å². The van der Waals surface area contributed by atoms with E-state index in [1.165, 1.54) is 17.6 Å². The number of carbonyl (C=O) groups is 2. The van der Waals surface area contributed by atoms with E-state index in [1.54, 1.807) is 24.3 Å². The normalized spacial score (nSPS) is 14.9. The Morgan fingerprint density at radius 1 is 1.17 bits per heavy atom. The Morgan fingerprint density at radius 2 is 1.97 bits per heavy atom. The highest BCUT2D eigenvalue weighted by molar-refractivity contribution is 7.18. The Bertz CT molecular complexity index is 980. The Kier molecular flexibility index (Phi) is 5.50. The van der Waals surface area contributed by atoms with E-state index in [4.69, 9.17) is 8.94 Å². The zero-order valence-corrected chi connectivity index (χ0v) is 17.1. The molecule has 2 amide bonds. The molecule has 1 aliphatic rings. The van der Waals surface area contributed by atoms with Gasteiger partial charge in [-0.15, -0.1) is 11.3 Å². The largest absolute Gasteiger partial charge is 0.459 e. The van der Waals surface area contributed by atoms with Gasteiger partial charge >= 0.3 is 0 Å². The lowest BCUT2D eigenvalue weighted by Crippen LogP contribution is -2.48. The Morgan fingerprint density at radius 3 is 2.62 bits per heavy atom. The first-order chi connectivity index (χ1) is 14.0. The van der Waals surface area contributed by atoms with Crippen LogP contribution in [0.25, 0.3) is 0 Å². The molecule has 3 aromatic rings. The summed E-state index contributed by atoms with van der Waals surface area (Å²) in [5, 5.41) is 7.38. The van der Waals surface area contributed by atoms with Crippen LogP contribution in [0.4, 0.5) is 5.00 Å². The maximum absolute atomic E-state index is 12.8. The number of thiophene rings is 1. The van der Waals surface area contributed by atoms with Crippen LogP contribution in [0, 0.1) is 13.8 Å². The molecule has 3 aromatic heterocycles. The molecule has 0 bridgehead atoms. The van der Waals surface area contributed by atoms with Crippen LogP contribution in [0.15, 0.2) is 39.5 Å². The van der Waals surface area contributed by atoms with E-state index in [0.717, 1.165) is 36.7 Å². The molecule has 0 saturated carbocycles. The number of aromatic nitrogens is 1. The van der Waals surface area contributed by atoms with Gasteiger partial charge in [-0.05, 0) is 38.1 Å². The third-order valence-electron chi connectivity index (χ3n) is 5.02. The highest BCUT2D eigenvalue weighted by Gasteiger charge is 2.25. The fraction of sp³-hybridized carbons (Fsp3) is 0.350. The fourth-order valence-corrected chi connectivity index (χ4v) is 4.19. The molecule has 0 atom stereocenters. The lowest BCUT2D eigenvalue weighted by Gasteiger charge is -2.34. The van der Waals surface area contributed by atoms with Gasteiger partial charge in [0.2, 0.25) is 0 Å². The van der Waals surface area contributed by atoms with Crippen molar-refractivity contribution in [3.05, 3.63) is 58.2 Å². The van der Waals surface area contributed by atoms with Crippen LogP contribution in [0.1, 0.15) is 37.2 Å². The minimum Gasteiger partial charge on any atom is -0.459 e. The van der Waals surface area contributed by atoms with E-state index >= 15 is 0 Å². The number of hydrogen-bond donors (Lipinski definition) is 1. The minimum absolute atomic E-state index is 0.00881. The second-order valence-electron chi connectivity index (χ2n) is 6.97. The molecule has 29 heavy (non-hydrogen) atoms. The lowest BCUT2D eigenvalue weighted by atomic mass is 10.2. The quantitative estimate of drug-likeness (QED) is 0.690. The molecule has 0 unspecified atom stereocenters. The SMILES string of the molecule is Cc1noc(C)c1CN1CCN(C(=O)c2ccc(NC(=O)c3ccco3)s2)CC1. The van der Waals surface area contributed by atoms with Gasteiger partial charge in [-0.2, -0.15) is 0 Å². The van der Waals surface area contributed by atoms with Crippen molar-refractivity contribution >= 4 is 28.2 Å². The number of amides is 2. The highest BCUT2D eigenvalue weighted by Crippen LogP contribution is 2.25. The van der Waals surface area contributed by atoms with Crippen molar-refractivity contribution < 1.29 is 18.5 Å². The summed E-state index contributed by atoms with van der Waals surface area (Å²) >= 11 is 1.27. The molecule has 0 aromatic carbocycles. The lowest BCUT2D eigenvalue weighted by molar-refractivity contribution is 0.0632. The number of nitrogens with zero attached hydrogens (tertiary/aromatic N) is 3. The molecule has 8 nitrogen and oxygen atoms in total. The van der Waals surface area contributed by atoms with Gasteiger partial charge in [0.15, 0.2) is 5.76 Å². The standard InChI is InChI=1S/C20H22N4O4S/c1-13-15(14(2)28-22-13)12-23-7-9-24(10-8-23)20(26)17-5-6-18(29-17)21-19(25)16-4-3-11-27-16/h3-6,11H,7-10,12H2,1-2H3,(H,21,25). The summed E-state index contributed by atoms with van der Waals surface area (Å²) in [5.74, 6) is 0.749. The van der Waals surface area contributed by atoms with Crippen LogP contribution in [0.2, 0.25) is 0 Å². The molecule has 1 aliphatic heterocycles. The number of nitrogens with one attached hydrogen (secondary N) is 1. The summed E-state index contributed by atoms with van der Waals surface area (Å²) in [6.45, 7) is 7.57. The Hall–Kier alpha value is -2.91. The van der Waals surface area contributed by atoms with Gasteiger partial charge in [-0.1, -0.05) is 5.16 Å². The van der Waals surface area contributed by atoms with Gasteiger partial charge in [0.1, 0.15) is 5.76 Å². The number of carbonyl (C=O) groups excluding carboxylic acids is 2. The van der Waals surface area contributed by atoms with Crippen molar-refractivity contribution in [2.24, 2.45) is 0 Å². The van der Waals surface area contributed by atoms with Gasteiger partial charge in [0.25, 0.3) is 11.8 Å². The number of aryl methyl sites for hydroxylation is 2. The molecule has 0 spiro atoms. The average Bonchev–Trinajstić information content (AvgIpc) is 3.47. The molecular weight excluding hydrogens is 392 g/mol. The summed E-state index contributed by atoms with van der Waals surface area (Å²) in [7, 11) is 0. The van der Waals surface area contributed by atoms with E-state index in [-0.39, 0.29) is 17.6 Å². The van der Waals surface area contributed by atoms with E-state index in [2.05, 4.69) is 15.4 Å². The summed E-state index contributed by atoms with van der Waals surface area (Å²) in [4.78, 5) is 29.7. The minimum atomic E-state index is -0.330. The molecule has 152 valence electrons. The first kappa shape index (κ1) is 19.4. The van der Waals surface area contributed by atoms with E-state index < -0.39 is 0 Å². The molecular formula is C20H22N4O4S. The number of furan rings is 1. The number of rotatable bonds is 5. The highest BCUT2D eigenvalue weighted by atomic mass is 32.1. The maximum Gasteiger partial charge on any atom is 0.291 e. The monoisotopic (exact) mass is 414 g/mol. The van der Waals surface area contributed by atoms with Crippen LogP contribution in [0.5, 0.6) is 0 Å². The zero-order valence-electron chi connectivity index (χ0n) is 16.3. The van der Waals surface area contributed by atoms with E-state index in [9.17, 15) is 9.59 Å². The van der Waals surface area contributed by atoms with Crippen LogP contribution in [0.3, 0.4) is 0 Å². The maximum atomic E-state index is 12.8. The fourth-order valence-electron chi connectivity index (χ4n) is 3.32. The summed E-state index contributed by atoms with van der Waals surface area (Å²) < 4.78 is 10.3. The van der Waals surface area contributed by atoms with Crippen molar-refractivity contribution in [2.75, 3.05) is 31.5 Å². The van der Waals surface area contributed by atoms with Gasteiger partial charge in [0, 0.05) is 38.3 Å². The van der Waals surface area contributed by atoms with E-state index in [0.29, 0.717) is 23.0 Å². The third-order valence-corrected chi connectivity index (χ3v) is 6.01. The number of piperazine rings is 1. The number of hydrogen-bond acceptors (Lipinski definition) is 7. The van der Waals surface area contributed by atoms with Gasteiger partial charge in [-0.25, -0.2) is 0 Å². The Labute approximate surface area is 172 Å². The predicted molar refractivity (Wildman–Crippen MR) is 108 cm³/mol. The van der Waals surface area contributed by atoms with Crippen LogP contribution in [-0.4, -0.2) is 52.9 Å². The van der Waals surface area contributed by atoms with Crippen LogP contribution >= 0.6 is 11.3 Å². The first-order valence-corrected chi connectivity index (χ1v) is 10.2. The molecule has 1 saturated heterocycles. The van der Waals surface area contributed by atoms with Crippen molar-refractivity contribution in [3.63, 3.8) is 0 Å². The Balaban J connectivity index is 1.32. The zero-order chi connectivity index (χ0) is 20.4. The molecule has 4 rings (SSSR count). The smallest absolute Gasteiger partial charge is 0.291 e. The summed E-state index contributed by atoms with van der Waals surface area (Å²) in [5.41, 5.74) is 2.05. The summed E-state index contributed by atoms with van der Waals surface area (Å²) in [6, 6.07) is 6.74. The molecule has 4 heterocycles. The predicted octanol–water partition coefficient (Wildman–Crippen LogP) is 3.16. The molecule has 0 radical (unpaired) electrons. The van der Waals surface area contributed by atoms with Gasteiger partial charge in [0.05, 0.1) is 21.8 Å². The van der Waals surface area contributed by atoms with Crippen molar-refractivity contribution in [3.8, 4) is 0 Å². The van der Waals surface area contributed by atoms with Crippen molar-refractivity contribution in [1.82, 2.24) is 15.0 Å². The van der Waals surface area contributed by atoms with Crippen LogP contribution < -0.4 is 5.32 Å². The second kappa shape index (κ2) is 8.22. The van der Waals surface area contributed by atoms with Crippen molar-refractivity contribution in [1.29, 1.82) is 0 Å². The van der Waals surface area contributed by atoms with E-state index in [1.807, 2.05) is 18.7 Å².